The van der Waals surface area contributed by atoms with Crippen LogP contribution >= 0.6 is 0 Å². The van der Waals surface area contributed by atoms with Crippen LogP contribution in [0.2, 0.25) is 0 Å². The van der Waals surface area contributed by atoms with E-state index in [-0.39, 0.29) is 23.7 Å². The summed E-state index contributed by atoms with van der Waals surface area (Å²) < 4.78 is 0. The van der Waals surface area contributed by atoms with E-state index in [4.69, 9.17) is 9.94 Å². The highest BCUT2D eigenvalue weighted by molar-refractivity contribution is 5.94. The molecule has 98 valence electrons. The first kappa shape index (κ1) is 11.5. The van der Waals surface area contributed by atoms with Gasteiger partial charge in [-0.3, -0.25) is 9.59 Å². The Balaban J connectivity index is 1.63. The van der Waals surface area contributed by atoms with Crippen molar-refractivity contribution in [3.05, 3.63) is 0 Å². The maximum Gasteiger partial charge on any atom is 0.307 e. The molecule has 18 heavy (non-hydrogen) atoms. The molecular weight excluding hydrogens is 236 g/mol. The Morgan fingerprint density at radius 1 is 1.44 bits per heavy atom. The molecule has 6 heteroatoms. The van der Waals surface area contributed by atoms with Gasteiger partial charge in [-0.1, -0.05) is 5.16 Å². The molecule has 1 saturated carbocycles. The van der Waals surface area contributed by atoms with E-state index in [1.54, 1.807) is 11.8 Å². The van der Waals surface area contributed by atoms with Crippen molar-refractivity contribution in [3.63, 3.8) is 0 Å². The Hall–Kier alpha value is -1.59. The zero-order chi connectivity index (χ0) is 13.1. The lowest BCUT2D eigenvalue weighted by Gasteiger charge is -2.28. The molecule has 0 spiro atoms. The molecule has 6 nitrogen and oxygen atoms in total. The molecule has 2 aliphatic heterocycles. The normalized spacial score (nSPS) is 41.1. The van der Waals surface area contributed by atoms with E-state index in [0.29, 0.717) is 19.5 Å². The van der Waals surface area contributed by atoms with Gasteiger partial charge < -0.3 is 14.8 Å². The van der Waals surface area contributed by atoms with Crippen molar-refractivity contribution >= 4 is 17.6 Å². The third-order valence-electron chi connectivity index (χ3n) is 4.21. The van der Waals surface area contributed by atoms with Crippen LogP contribution in [0.3, 0.4) is 0 Å². The van der Waals surface area contributed by atoms with Gasteiger partial charge in [-0.15, -0.1) is 0 Å². The lowest BCUT2D eigenvalue weighted by Crippen LogP contribution is -2.47. The molecule has 1 N–H and O–H groups in total. The molecule has 0 radical (unpaired) electrons. The summed E-state index contributed by atoms with van der Waals surface area (Å²) in [6, 6.07) is 0. The Morgan fingerprint density at radius 2 is 2.06 bits per heavy atom. The second-order valence-electron chi connectivity index (χ2n) is 5.73. The molecule has 0 bridgehead atoms. The summed E-state index contributed by atoms with van der Waals surface area (Å²) in [6.07, 6.45) is 0.514. The molecule has 3 aliphatic rings. The summed E-state index contributed by atoms with van der Waals surface area (Å²) in [5, 5.41) is 12.8. The summed E-state index contributed by atoms with van der Waals surface area (Å²) in [5.41, 5.74) is -0.0711. The van der Waals surface area contributed by atoms with Crippen molar-refractivity contribution in [1.29, 1.82) is 0 Å². The van der Waals surface area contributed by atoms with Crippen molar-refractivity contribution < 1.29 is 19.5 Å². The average Bonchev–Trinajstić information content (AvgIpc) is 2.66. The second-order valence-corrected chi connectivity index (χ2v) is 5.73. The van der Waals surface area contributed by atoms with Gasteiger partial charge in [-0.25, -0.2) is 0 Å². The first-order chi connectivity index (χ1) is 8.42. The number of fused-ring (bicyclic) bond motifs is 1. The van der Waals surface area contributed by atoms with Crippen LogP contribution in [0.15, 0.2) is 5.16 Å². The third-order valence-corrected chi connectivity index (χ3v) is 4.21. The first-order valence-electron chi connectivity index (χ1n) is 6.16. The zero-order valence-corrected chi connectivity index (χ0v) is 10.4. The highest BCUT2D eigenvalue weighted by atomic mass is 16.7. The molecule has 2 fully saturated rings. The van der Waals surface area contributed by atoms with Crippen LogP contribution in [0.5, 0.6) is 0 Å². The number of amides is 1. The monoisotopic (exact) mass is 252 g/mol. The third kappa shape index (κ3) is 1.51. The number of hydrogen-bond acceptors (Lipinski definition) is 4. The average molecular weight is 252 g/mol. The van der Waals surface area contributed by atoms with Crippen LogP contribution in [0, 0.1) is 17.8 Å². The summed E-state index contributed by atoms with van der Waals surface area (Å²) in [5.74, 6) is -0.777. The fourth-order valence-electron chi connectivity index (χ4n) is 3.24. The van der Waals surface area contributed by atoms with Crippen molar-refractivity contribution in [2.24, 2.45) is 22.9 Å². The highest BCUT2D eigenvalue weighted by Crippen LogP contribution is 2.52. The number of carboxylic acid groups (broad SMARTS) is 1. The van der Waals surface area contributed by atoms with E-state index >= 15 is 0 Å². The molecule has 1 amide bonds. The highest BCUT2D eigenvalue weighted by Gasteiger charge is 2.62. The van der Waals surface area contributed by atoms with Gasteiger partial charge in [0.05, 0.1) is 11.6 Å². The van der Waals surface area contributed by atoms with Gasteiger partial charge in [0.2, 0.25) is 5.60 Å². The van der Waals surface area contributed by atoms with E-state index < -0.39 is 11.6 Å². The SMILES string of the molecule is CC1=NOC(C)(C(=O)N2C[C@@H]3C(C(=O)O)[C@@H]3C2)C1. The van der Waals surface area contributed by atoms with Gasteiger partial charge in [0.25, 0.3) is 5.91 Å². The molecule has 2 unspecified atom stereocenters. The number of likely N-dealkylation sites (tertiary alicyclic amines) is 1. The van der Waals surface area contributed by atoms with Gasteiger partial charge in [-0.2, -0.15) is 0 Å². The van der Waals surface area contributed by atoms with E-state index in [9.17, 15) is 9.59 Å². The zero-order valence-electron chi connectivity index (χ0n) is 10.4. The molecule has 0 aromatic rings. The molecular formula is C12H16N2O4. The number of nitrogens with zero attached hydrogens (tertiary/aromatic N) is 2. The number of hydrogen-bond donors (Lipinski definition) is 1. The van der Waals surface area contributed by atoms with Gasteiger partial charge in [0.1, 0.15) is 0 Å². The molecule has 1 saturated heterocycles. The number of piperidine rings is 1. The summed E-state index contributed by atoms with van der Waals surface area (Å²) >= 11 is 0. The van der Waals surface area contributed by atoms with Gasteiger partial charge in [-0.05, 0) is 25.7 Å². The van der Waals surface area contributed by atoms with E-state index in [0.717, 1.165) is 5.71 Å². The Morgan fingerprint density at radius 3 is 2.50 bits per heavy atom. The minimum Gasteiger partial charge on any atom is -0.481 e. The number of carbonyl (C=O) groups excluding carboxylic acids is 1. The fourth-order valence-corrected chi connectivity index (χ4v) is 3.24. The van der Waals surface area contributed by atoms with Gasteiger partial charge in [0, 0.05) is 19.5 Å². The molecule has 1 aliphatic carbocycles. The van der Waals surface area contributed by atoms with E-state index in [1.165, 1.54) is 0 Å². The molecule has 0 aromatic carbocycles. The molecule has 0 aromatic heterocycles. The maximum atomic E-state index is 12.3. The van der Waals surface area contributed by atoms with Crippen molar-refractivity contribution in [2.45, 2.75) is 25.9 Å². The van der Waals surface area contributed by atoms with Crippen LogP contribution < -0.4 is 0 Å². The summed E-state index contributed by atoms with van der Waals surface area (Å²) in [4.78, 5) is 30.2. The van der Waals surface area contributed by atoms with Crippen LogP contribution in [-0.2, 0) is 14.4 Å². The largest absolute Gasteiger partial charge is 0.481 e. The predicted octanol–water partition coefficient (Wildman–Crippen LogP) is 0.330. The fraction of sp³-hybridized carbons (Fsp3) is 0.750. The number of carbonyl (C=O) groups is 2. The van der Waals surface area contributed by atoms with Crippen LogP contribution in [-0.4, -0.2) is 46.3 Å². The second kappa shape index (κ2) is 3.46. The minimum absolute atomic E-state index is 0.0700. The lowest BCUT2D eigenvalue weighted by molar-refractivity contribution is -0.153. The minimum atomic E-state index is -0.889. The Labute approximate surface area is 105 Å². The molecule has 3 rings (SSSR count). The standard InChI is InChI=1S/C12H16N2O4/c1-6-3-12(2,18-13-6)11(17)14-4-7-8(5-14)9(7)10(15)16/h7-9H,3-5H2,1-2H3,(H,15,16)/t7-,8+,9?,12?. The first-order valence-corrected chi connectivity index (χ1v) is 6.16. The van der Waals surface area contributed by atoms with Crippen LogP contribution in [0.4, 0.5) is 0 Å². The van der Waals surface area contributed by atoms with E-state index in [2.05, 4.69) is 5.16 Å². The Bertz CT molecular complexity index is 449. The summed E-state index contributed by atoms with van der Waals surface area (Å²) in [6.45, 7) is 4.66. The number of carboxylic acids is 1. The van der Waals surface area contributed by atoms with Crippen LogP contribution in [0.25, 0.3) is 0 Å². The van der Waals surface area contributed by atoms with Crippen molar-refractivity contribution in [3.8, 4) is 0 Å². The van der Waals surface area contributed by atoms with Crippen molar-refractivity contribution in [1.82, 2.24) is 4.90 Å². The number of oxime groups is 1. The Kier molecular flexibility index (Phi) is 2.21. The molecule has 4 atom stereocenters. The van der Waals surface area contributed by atoms with Gasteiger partial charge >= 0.3 is 5.97 Å². The number of rotatable bonds is 2. The predicted molar refractivity (Wildman–Crippen MR) is 61.9 cm³/mol. The van der Waals surface area contributed by atoms with Crippen LogP contribution in [0.1, 0.15) is 20.3 Å². The number of aliphatic carboxylic acids is 1. The summed E-state index contributed by atoms with van der Waals surface area (Å²) in [7, 11) is 0. The van der Waals surface area contributed by atoms with Gasteiger partial charge in [0.15, 0.2) is 0 Å². The van der Waals surface area contributed by atoms with E-state index in [1.807, 2.05) is 6.92 Å². The lowest BCUT2D eigenvalue weighted by atomic mass is 9.98. The molecule has 2 heterocycles. The quantitative estimate of drug-likeness (QED) is 0.768. The topological polar surface area (TPSA) is 79.2 Å². The maximum absolute atomic E-state index is 12.3. The van der Waals surface area contributed by atoms with Crippen molar-refractivity contribution in [2.75, 3.05) is 13.1 Å². The smallest absolute Gasteiger partial charge is 0.307 e.